The number of para-hydroxylation sites is 1. The predicted octanol–water partition coefficient (Wildman–Crippen LogP) is 3.56. The van der Waals surface area contributed by atoms with Crippen molar-refractivity contribution in [3.05, 3.63) is 66.0 Å². The van der Waals surface area contributed by atoms with E-state index in [2.05, 4.69) is 15.3 Å². The first-order valence-corrected chi connectivity index (χ1v) is 6.62. The molecule has 1 heterocycles. The molecule has 0 unspecified atom stereocenters. The van der Waals surface area contributed by atoms with Crippen molar-refractivity contribution < 1.29 is 8.78 Å². The summed E-state index contributed by atoms with van der Waals surface area (Å²) < 4.78 is 27.2. The summed E-state index contributed by atoms with van der Waals surface area (Å²) in [5, 5.41) is 3.72. The minimum atomic E-state index is -0.382. The van der Waals surface area contributed by atoms with Crippen LogP contribution in [0.5, 0.6) is 0 Å². The van der Waals surface area contributed by atoms with E-state index in [1.54, 1.807) is 30.3 Å². The molecular weight excluding hydrogens is 272 g/mol. The molecule has 0 saturated heterocycles. The molecule has 3 rings (SSSR count). The molecule has 3 aromatic rings. The molecule has 0 saturated carbocycles. The number of anilines is 1. The van der Waals surface area contributed by atoms with Crippen molar-refractivity contribution >= 4 is 16.7 Å². The third kappa shape index (κ3) is 2.81. The lowest BCUT2D eigenvalue weighted by Crippen LogP contribution is -2.08. The summed E-state index contributed by atoms with van der Waals surface area (Å²) in [6.45, 7) is 0.504. The normalized spacial score (nSPS) is 10.8. The topological polar surface area (TPSA) is 37.8 Å². The molecule has 1 N–H and O–H groups in total. The maximum atomic E-state index is 13.6. The maximum absolute atomic E-state index is 13.6. The van der Waals surface area contributed by atoms with Gasteiger partial charge in [0.05, 0.1) is 0 Å². The molecule has 1 aromatic heterocycles. The third-order valence-corrected chi connectivity index (χ3v) is 3.26. The second-order valence-corrected chi connectivity index (χ2v) is 4.63. The van der Waals surface area contributed by atoms with Crippen molar-refractivity contribution in [1.82, 2.24) is 9.97 Å². The van der Waals surface area contributed by atoms with Gasteiger partial charge in [-0.1, -0.05) is 24.3 Å². The summed E-state index contributed by atoms with van der Waals surface area (Å²) >= 11 is 0. The fraction of sp³-hybridized carbons (Fsp3) is 0.125. The van der Waals surface area contributed by atoms with Crippen molar-refractivity contribution in [1.29, 1.82) is 0 Å². The van der Waals surface area contributed by atoms with Crippen LogP contribution in [-0.4, -0.2) is 16.5 Å². The first-order valence-electron chi connectivity index (χ1n) is 6.62. The molecule has 0 aliphatic rings. The summed E-state index contributed by atoms with van der Waals surface area (Å²) in [6.07, 6.45) is 1.84. The number of benzene rings is 2. The number of nitrogens with one attached hydrogen (secondary N) is 1. The van der Waals surface area contributed by atoms with Crippen LogP contribution in [0.2, 0.25) is 0 Å². The van der Waals surface area contributed by atoms with Gasteiger partial charge in [-0.05, 0) is 30.2 Å². The van der Waals surface area contributed by atoms with Crippen LogP contribution in [0, 0.1) is 11.6 Å². The van der Waals surface area contributed by atoms with Gasteiger partial charge in [-0.2, -0.15) is 0 Å². The van der Waals surface area contributed by atoms with E-state index in [4.69, 9.17) is 0 Å². The zero-order chi connectivity index (χ0) is 14.7. The lowest BCUT2D eigenvalue weighted by molar-refractivity contribution is 0.610. The standard InChI is InChI=1S/C16H13F2N3/c17-13-6-2-1-4-11(13)8-9-19-16-12-5-3-7-14(18)15(12)20-10-21-16/h1-7,10H,8-9H2,(H,19,20,21). The second-order valence-electron chi connectivity index (χ2n) is 4.63. The molecule has 0 fully saturated rings. The van der Waals surface area contributed by atoms with Crippen LogP contribution >= 0.6 is 0 Å². The quantitative estimate of drug-likeness (QED) is 0.796. The summed E-state index contributed by atoms with van der Waals surface area (Å²) in [5.74, 6) is -0.0548. The van der Waals surface area contributed by atoms with Crippen molar-refractivity contribution in [2.75, 3.05) is 11.9 Å². The monoisotopic (exact) mass is 285 g/mol. The molecule has 0 aliphatic heterocycles. The molecule has 0 spiro atoms. The number of rotatable bonds is 4. The number of fused-ring (bicyclic) bond motifs is 1. The Morgan fingerprint density at radius 1 is 0.905 bits per heavy atom. The van der Waals surface area contributed by atoms with Gasteiger partial charge in [0, 0.05) is 11.9 Å². The number of aromatic nitrogens is 2. The lowest BCUT2D eigenvalue weighted by atomic mass is 10.1. The molecule has 3 nitrogen and oxygen atoms in total. The predicted molar refractivity (Wildman–Crippen MR) is 78.1 cm³/mol. The number of hydrogen-bond donors (Lipinski definition) is 1. The summed E-state index contributed by atoms with van der Waals surface area (Å²) in [7, 11) is 0. The minimum absolute atomic E-state index is 0.224. The lowest BCUT2D eigenvalue weighted by Gasteiger charge is -2.09. The van der Waals surface area contributed by atoms with E-state index in [1.807, 2.05) is 0 Å². The Morgan fingerprint density at radius 3 is 2.57 bits per heavy atom. The highest BCUT2D eigenvalue weighted by atomic mass is 19.1. The first kappa shape index (κ1) is 13.4. The van der Waals surface area contributed by atoms with E-state index in [1.165, 1.54) is 18.5 Å². The molecule has 106 valence electrons. The highest BCUT2D eigenvalue weighted by Gasteiger charge is 2.07. The van der Waals surface area contributed by atoms with Crippen LogP contribution in [-0.2, 0) is 6.42 Å². The molecule has 0 bridgehead atoms. The molecule has 0 atom stereocenters. The highest BCUT2D eigenvalue weighted by molar-refractivity contribution is 5.89. The van der Waals surface area contributed by atoms with Gasteiger partial charge in [-0.3, -0.25) is 0 Å². The molecule has 21 heavy (non-hydrogen) atoms. The Kier molecular flexibility index (Phi) is 3.73. The van der Waals surface area contributed by atoms with Crippen LogP contribution in [0.1, 0.15) is 5.56 Å². The maximum Gasteiger partial charge on any atom is 0.149 e. The zero-order valence-corrected chi connectivity index (χ0v) is 11.2. The zero-order valence-electron chi connectivity index (χ0n) is 11.2. The largest absolute Gasteiger partial charge is 0.369 e. The Balaban J connectivity index is 1.77. The van der Waals surface area contributed by atoms with Gasteiger partial charge in [0.1, 0.15) is 29.3 Å². The number of halogens is 2. The number of nitrogens with zero attached hydrogens (tertiary/aromatic N) is 2. The Bertz CT molecular complexity index is 774. The fourth-order valence-electron chi connectivity index (χ4n) is 2.21. The smallest absolute Gasteiger partial charge is 0.149 e. The van der Waals surface area contributed by atoms with Crippen LogP contribution in [0.3, 0.4) is 0 Å². The van der Waals surface area contributed by atoms with Gasteiger partial charge < -0.3 is 5.32 Å². The Morgan fingerprint density at radius 2 is 1.71 bits per heavy atom. The SMILES string of the molecule is Fc1ccccc1CCNc1ncnc2c(F)cccc12. The van der Waals surface area contributed by atoms with Gasteiger partial charge in [0.25, 0.3) is 0 Å². The molecule has 0 radical (unpaired) electrons. The van der Waals surface area contributed by atoms with Gasteiger partial charge >= 0.3 is 0 Å². The van der Waals surface area contributed by atoms with Gasteiger partial charge in [0.15, 0.2) is 0 Å². The van der Waals surface area contributed by atoms with Crippen LogP contribution in [0.4, 0.5) is 14.6 Å². The molecule has 0 aliphatic carbocycles. The average molecular weight is 285 g/mol. The van der Waals surface area contributed by atoms with E-state index in [9.17, 15) is 8.78 Å². The minimum Gasteiger partial charge on any atom is -0.369 e. The first-order chi connectivity index (χ1) is 10.3. The molecular formula is C16H13F2N3. The van der Waals surface area contributed by atoms with Crippen LogP contribution < -0.4 is 5.32 Å². The fourth-order valence-corrected chi connectivity index (χ4v) is 2.21. The third-order valence-electron chi connectivity index (χ3n) is 3.26. The van der Waals surface area contributed by atoms with Crippen LogP contribution in [0.25, 0.3) is 10.9 Å². The molecule has 0 amide bonds. The van der Waals surface area contributed by atoms with Gasteiger partial charge in [0.2, 0.25) is 0 Å². The van der Waals surface area contributed by atoms with E-state index in [0.717, 1.165) is 0 Å². The van der Waals surface area contributed by atoms with Crippen molar-refractivity contribution in [2.24, 2.45) is 0 Å². The van der Waals surface area contributed by atoms with E-state index in [0.29, 0.717) is 29.7 Å². The Labute approximate surface area is 120 Å². The van der Waals surface area contributed by atoms with Crippen LogP contribution in [0.15, 0.2) is 48.8 Å². The summed E-state index contributed by atoms with van der Waals surface area (Å²) in [6, 6.07) is 11.4. The van der Waals surface area contributed by atoms with Crippen molar-refractivity contribution in [2.45, 2.75) is 6.42 Å². The van der Waals surface area contributed by atoms with E-state index in [-0.39, 0.29) is 17.2 Å². The van der Waals surface area contributed by atoms with Gasteiger partial charge in [-0.25, -0.2) is 18.7 Å². The highest BCUT2D eigenvalue weighted by Crippen LogP contribution is 2.21. The second kappa shape index (κ2) is 5.83. The van der Waals surface area contributed by atoms with Crippen molar-refractivity contribution in [3.63, 3.8) is 0 Å². The van der Waals surface area contributed by atoms with E-state index >= 15 is 0 Å². The average Bonchev–Trinajstić information content (AvgIpc) is 2.50. The molecule has 5 heteroatoms. The van der Waals surface area contributed by atoms with Crippen molar-refractivity contribution in [3.8, 4) is 0 Å². The summed E-state index contributed by atoms with van der Waals surface area (Å²) in [5.41, 5.74) is 0.912. The number of hydrogen-bond acceptors (Lipinski definition) is 3. The summed E-state index contributed by atoms with van der Waals surface area (Å²) in [4.78, 5) is 8.05. The van der Waals surface area contributed by atoms with Gasteiger partial charge in [-0.15, -0.1) is 0 Å². The van der Waals surface area contributed by atoms with E-state index < -0.39 is 0 Å². The molecule has 2 aromatic carbocycles. The Hall–Kier alpha value is -2.56.